The van der Waals surface area contributed by atoms with Crippen molar-refractivity contribution < 1.29 is 19.1 Å². The number of carbonyl (C=O) groups is 2. The third-order valence-corrected chi connectivity index (χ3v) is 4.82. The van der Waals surface area contributed by atoms with Gasteiger partial charge in [0, 0.05) is 16.8 Å². The molecular formula is C20H18N2O5. The predicted octanol–water partition coefficient (Wildman–Crippen LogP) is 3.34. The minimum Gasteiger partial charge on any atom is -0.475 e. The van der Waals surface area contributed by atoms with Crippen molar-refractivity contribution in [2.75, 3.05) is 5.32 Å². The number of hydrogen-bond donors (Lipinski definition) is 3. The van der Waals surface area contributed by atoms with Gasteiger partial charge in [-0.05, 0) is 61.6 Å². The Hall–Kier alpha value is -3.35. The fraction of sp³-hybridized carbons (Fsp3) is 0.250. The Morgan fingerprint density at radius 2 is 1.89 bits per heavy atom. The van der Waals surface area contributed by atoms with E-state index in [4.69, 9.17) is 9.52 Å². The molecule has 0 saturated heterocycles. The lowest BCUT2D eigenvalue weighted by Gasteiger charge is -2.09. The van der Waals surface area contributed by atoms with Gasteiger partial charge < -0.3 is 19.8 Å². The van der Waals surface area contributed by atoms with Crippen molar-refractivity contribution in [3.8, 4) is 0 Å². The number of rotatable bonds is 3. The highest BCUT2D eigenvalue weighted by Crippen LogP contribution is 2.24. The van der Waals surface area contributed by atoms with Gasteiger partial charge in [0.15, 0.2) is 0 Å². The molecule has 138 valence electrons. The molecule has 2 aromatic heterocycles. The molecule has 0 atom stereocenters. The van der Waals surface area contributed by atoms with Gasteiger partial charge in [0.2, 0.25) is 5.76 Å². The topological polar surface area (TPSA) is 112 Å². The molecule has 7 nitrogen and oxygen atoms in total. The van der Waals surface area contributed by atoms with Crippen LogP contribution in [0.2, 0.25) is 0 Å². The maximum Gasteiger partial charge on any atom is 0.371 e. The van der Waals surface area contributed by atoms with Crippen LogP contribution in [0.5, 0.6) is 0 Å². The van der Waals surface area contributed by atoms with Gasteiger partial charge >= 0.3 is 5.97 Å². The molecule has 0 saturated carbocycles. The van der Waals surface area contributed by atoms with Crippen LogP contribution in [0.25, 0.3) is 11.0 Å². The monoisotopic (exact) mass is 366 g/mol. The molecule has 0 unspecified atom stereocenters. The lowest BCUT2D eigenvalue weighted by molar-refractivity contribution is 0.0665. The van der Waals surface area contributed by atoms with Gasteiger partial charge in [0.25, 0.3) is 11.5 Å². The van der Waals surface area contributed by atoms with E-state index in [1.54, 1.807) is 24.3 Å². The molecule has 1 aromatic carbocycles. The van der Waals surface area contributed by atoms with E-state index in [-0.39, 0.29) is 11.3 Å². The van der Waals surface area contributed by atoms with E-state index in [9.17, 15) is 14.4 Å². The summed E-state index contributed by atoms with van der Waals surface area (Å²) in [4.78, 5) is 38.8. The third-order valence-electron chi connectivity index (χ3n) is 4.82. The molecular weight excluding hydrogens is 348 g/mol. The van der Waals surface area contributed by atoms with E-state index in [2.05, 4.69) is 10.3 Å². The average Bonchev–Trinajstić information content (AvgIpc) is 2.93. The maximum atomic E-state index is 12.6. The summed E-state index contributed by atoms with van der Waals surface area (Å²) in [6, 6.07) is 7.88. The van der Waals surface area contributed by atoms with Crippen molar-refractivity contribution in [1.82, 2.24) is 4.98 Å². The number of benzene rings is 1. The van der Waals surface area contributed by atoms with Crippen LogP contribution in [-0.4, -0.2) is 22.0 Å². The van der Waals surface area contributed by atoms with Gasteiger partial charge in [0.05, 0.1) is 0 Å². The molecule has 1 aliphatic rings. The van der Waals surface area contributed by atoms with Crippen LogP contribution in [0.15, 0.2) is 39.5 Å². The molecule has 2 heterocycles. The quantitative estimate of drug-likeness (QED) is 0.616. The zero-order valence-corrected chi connectivity index (χ0v) is 14.5. The molecule has 7 heteroatoms. The number of pyridine rings is 1. The van der Waals surface area contributed by atoms with Gasteiger partial charge in [-0.25, -0.2) is 4.79 Å². The van der Waals surface area contributed by atoms with Crippen molar-refractivity contribution >= 4 is 28.5 Å². The molecule has 0 radical (unpaired) electrons. The number of amides is 1. The molecule has 27 heavy (non-hydrogen) atoms. The molecule has 0 spiro atoms. The number of carbonyl (C=O) groups excluding carboxylic acids is 1. The Labute approximate surface area is 154 Å². The number of aromatic amines is 1. The van der Waals surface area contributed by atoms with Crippen molar-refractivity contribution in [3.63, 3.8) is 0 Å². The number of furan rings is 1. The first-order valence-electron chi connectivity index (χ1n) is 8.84. The van der Waals surface area contributed by atoms with Crippen molar-refractivity contribution in [3.05, 3.63) is 63.3 Å². The van der Waals surface area contributed by atoms with Crippen molar-refractivity contribution in [2.45, 2.75) is 32.1 Å². The number of fused-ring (bicyclic) bond motifs is 2. The van der Waals surface area contributed by atoms with Gasteiger partial charge in [-0.2, -0.15) is 0 Å². The smallest absolute Gasteiger partial charge is 0.371 e. The molecule has 0 fully saturated rings. The fourth-order valence-corrected chi connectivity index (χ4v) is 3.45. The second-order valence-corrected chi connectivity index (χ2v) is 6.70. The summed E-state index contributed by atoms with van der Waals surface area (Å²) in [5.41, 5.74) is 2.50. The van der Waals surface area contributed by atoms with E-state index < -0.39 is 17.4 Å². The van der Waals surface area contributed by atoms with Crippen LogP contribution in [0.4, 0.5) is 5.69 Å². The molecule has 1 amide bonds. The van der Waals surface area contributed by atoms with E-state index in [1.165, 1.54) is 6.07 Å². The van der Waals surface area contributed by atoms with Crippen LogP contribution >= 0.6 is 0 Å². The van der Waals surface area contributed by atoms with E-state index in [0.29, 0.717) is 16.7 Å². The number of hydrogen-bond acceptors (Lipinski definition) is 4. The number of anilines is 1. The van der Waals surface area contributed by atoms with Gasteiger partial charge in [0.1, 0.15) is 11.1 Å². The summed E-state index contributed by atoms with van der Waals surface area (Å²) in [6.45, 7) is 0. The number of H-pyrrole nitrogens is 1. The minimum absolute atomic E-state index is 0.0779. The number of aromatic nitrogens is 1. The Morgan fingerprint density at radius 3 is 2.70 bits per heavy atom. The first kappa shape index (κ1) is 17.1. The molecule has 4 rings (SSSR count). The summed E-state index contributed by atoms with van der Waals surface area (Å²) >= 11 is 0. The summed E-state index contributed by atoms with van der Waals surface area (Å²) in [6.07, 6.45) is 4.88. The van der Waals surface area contributed by atoms with Gasteiger partial charge in [-0.15, -0.1) is 0 Å². The van der Waals surface area contributed by atoms with Crippen LogP contribution in [-0.2, 0) is 12.8 Å². The highest BCUT2D eigenvalue weighted by molar-refractivity contribution is 6.05. The van der Waals surface area contributed by atoms with E-state index >= 15 is 0 Å². The third kappa shape index (κ3) is 3.36. The Kier molecular flexibility index (Phi) is 4.27. The lowest BCUT2D eigenvalue weighted by Crippen LogP contribution is -2.25. The maximum absolute atomic E-state index is 12.6. The first-order valence-corrected chi connectivity index (χ1v) is 8.84. The first-order chi connectivity index (χ1) is 13.0. The second-order valence-electron chi connectivity index (χ2n) is 6.70. The summed E-state index contributed by atoms with van der Waals surface area (Å²) < 4.78 is 5.20. The standard InChI is InChI=1S/C20H18N2O5/c23-18(14-9-11-4-2-1-3-5-15(11)22-19(14)24)21-13-6-7-16-12(8-13)10-17(27-16)20(25)26/h6-10H,1-5H2,(H,21,23)(H,22,24)(H,25,26). The van der Waals surface area contributed by atoms with Crippen LogP contribution in [0.3, 0.4) is 0 Å². The summed E-state index contributed by atoms with van der Waals surface area (Å²) in [5.74, 6) is -1.83. The Bertz CT molecular complexity index is 1110. The highest BCUT2D eigenvalue weighted by atomic mass is 16.4. The fourth-order valence-electron chi connectivity index (χ4n) is 3.45. The average molecular weight is 366 g/mol. The molecule has 3 aromatic rings. The van der Waals surface area contributed by atoms with Gasteiger partial charge in [-0.3, -0.25) is 9.59 Å². The zero-order valence-electron chi connectivity index (χ0n) is 14.5. The van der Waals surface area contributed by atoms with Gasteiger partial charge in [-0.1, -0.05) is 6.42 Å². The largest absolute Gasteiger partial charge is 0.475 e. The van der Waals surface area contributed by atoms with Crippen LogP contribution in [0, 0.1) is 0 Å². The Morgan fingerprint density at radius 1 is 1.07 bits per heavy atom. The molecule has 1 aliphatic carbocycles. The molecule has 0 bridgehead atoms. The van der Waals surface area contributed by atoms with Crippen LogP contribution < -0.4 is 10.9 Å². The minimum atomic E-state index is -1.16. The second kappa shape index (κ2) is 6.75. The Balaban J connectivity index is 1.62. The number of aryl methyl sites for hydroxylation is 2. The summed E-state index contributed by atoms with van der Waals surface area (Å²) in [7, 11) is 0. The van der Waals surface area contributed by atoms with Crippen LogP contribution in [0.1, 0.15) is 51.4 Å². The zero-order chi connectivity index (χ0) is 19.0. The van der Waals surface area contributed by atoms with E-state index in [0.717, 1.165) is 43.4 Å². The molecule has 0 aliphatic heterocycles. The number of aromatic carboxylic acids is 1. The van der Waals surface area contributed by atoms with Crippen molar-refractivity contribution in [1.29, 1.82) is 0 Å². The lowest BCUT2D eigenvalue weighted by atomic mass is 10.1. The molecule has 3 N–H and O–H groups in total. The number of carboxylic acid groups (broad SMARTS) is 1. The summed E-state index contributed by atoms with van der Waals surface area (Å²) in [5, 5.41) is 12.3. The SMILES string of the molecule is O=C(O)c1cc2cc(NC(=O)c3cc4c([nH]c3=O)CCCCC4)ccc2o1. The normalized spacial score (nSPS) is 13.8. The highest BCUT2D eigenvalue weighted by Gasteiger charge is 2.17. The number of carboxylic acids is 1. The number of nitrogens with one attached hydrogen (secondary N) is 2. The van der Waals surface area contributed by atoms with Crippen molar-refractivity contribution in [2.24, 2.45) is 0 Å². The predicted molar refractivity (Wildman–Crippen MR) is 99.4 cm³/mol. The van der Waals surface area contributed by atoms with E-state index in [1.807, 2.05) is 0 Å².